The lowest BCUT2D eigenvalue weighted by Crippen LogP contribution is -2.33. The lowest BCUT2D eigenvalue weighted by Gasteiger charge is -2.33. The van der Waals surface area contributed by atoms with Crippen LogP contribution in [0.1, 0.15) is 51.3 Å². The van der Waals surface area contributed by atoms with Crippen LogP contribution in [0.4, 0.5) is 0 Å². The average Bonchev–Trinajstić information content (AvgIpc) is 2.40. The number of hydrogen-bond acceptors (Lipinski definition) is 1. The van der Waals surface area contributed by atoms with Crippen molar-refractivity contribution in [2.75, 3.05) is 6.54 Å². The van der Waals surface area contributed by atoms with E-state index < -0.39 is 0 Å². The molecule has 0 heterocycles. The van der Waals surface area contributed by atoms with Crippen LogP contribution in [0.3, 0.4) is 0 Å². The van der Waals surface area contributed by atoms with Gasteiger partial charge in [-0.2, -0.15) is 0 Å². The second-order valence-electron chi connectivity index (χ2n) is 6.77. The molecule has 0 saturated heterocycles. The fourth-order valence-electron chi connectivity index (χ4n) is 2.90. The monoisotopic (exact) mass is 269 g/mol. The zero-order valence-corrected chi connectivity index (χ0v) is 13.5. The van der Waals surface area contributed by atoms with E-state index in [1.165, 1.54) is 21.9 Å². The zero-order valence-electron chi connectivity index (χ0n) is 13.5. The van der Waals surface area contributed by atoms with Gasteiger partial charge in [-0.3, -0.25) is 0 Å². The summed E-state index contributed by atoms with van der Waals surface area (Å²) in [4.78, 5) is 0. The maximum atomic E-state index is 3.74. The summed E-state index contributed by atoms with van der Waals surface area (Å²) in [7, 11) is 0. The third-order valence-electron chi connectivity index (χ3n) is 3.95. The van der Waals surface area contributed by atoms with Gasteiger partial charge in [0.1, 0.15) is 0 Å². The van der Waals surface area contributed by atoms with Crippen LogP contribution in [-0.2, 0) is 0 Å². The molecule has 0 fully saturated rings. The van der Waals surface area contributed by atoms with Crippen molar-refractivity contribution in [1.82, 2.24) is 5.32 Å². The van der Waals surface area contributed by atoms with E-state index in [1.807, 2.05) is 0 Å². The molecule has 0 bridgehead atoms. The Morgan fingerprint density at radius 2 is 1.65 bits per heavy atom. The summed E-state index contributed by atoms with van der Waals surface area (Å²) in [5.74, 6) is 0. The number of aryl methyl sites for hydroxylation is 1. The molecular formula is C19H27N. The molecule has 2 rings (SSSR count). The first-order valence-electron chi connectivity index (χ1n) is 7.66. The van der Waals surface area contributed by atoms with Crippen molar-refractivity contribution in [2.24, 2.45) is 5.41 Å². The molecule has 0 aliphatic carbocycles. The van der Waals surface area contributed by atoms with Gasteiger partial charge in [0.05, 0.1) is 0 Å². The summed E-state index contributed by atoms with van der Waals surface area (Å²) < 4.78 is 0. The SMILES string of the molecule is CCCNC(c1ccc(C)c2ccccc12)C(C)(C)C. The third kappa shape index (κ3) is 3.04. The summed E-state index contributed by atoms with van der Waals surface area (Å²) in [6.07, 6.45) is 1.16. The maximum absolute atomic E-state index is 3.74. The summed E-state index contributed by atoms with van der Waals surface area (Å²) in [6, 6.07) is 13.7. The van der Waals surface area contributed by atoms with Crippen molar-refractivity contribution in [2.45, 2.75) is 47.1 Å². The summed E-state index contributed by atoms with van der Waals surface area (Å²) in [5.41, 5.74) is 2.98. The Morgan fingerprint density at radius 3 is 2.25 bits per heavy atom. The topological polar surface area (TPSA) is 12.0 Å². The van der Waals surface area contributed by atoms with Gasteiger partial charge in [0.25, 0.3) is 0 Å². The van der Waals surface area contributed by atoms with Crippen molar-refractivity contribution >= 4 is 10.8 Å². The first kappa shape index (κ1) is 15.1. The molecule has 1 atom stereocenters. The number of hydrogen-bond donors (Lipinski definition) is 1. The van der Waals surface area contributed by atoms with Gasteiger partial charge in [0, 0.05) is 6.04 Å². The molecule has 1 nitrogen and oxygen atoms in total. The van der Waals surface area contributed by atoms with Crippen LogP contribution in [0.5, 0.6) is 0 Å². The van der Waals surface area contributed by atoms with E-state index in [0.29, 0.717) is 6.04 Å². The van der Waals surface area contributed by atoms with Crippen LogP contribution in [-0.4, -0.2) is 6.54 Å². The van der Waals surface area contributed by atoms with Crippen molar-refractivity contribution in [3.05, 3.63) is 47.5 Å². The first-order chi connectivity index (χ1) is 9.45. The lowest BCUT2D eigenvalue weighted by molar-refractivity contribution is 0.275. The number of rotatable bonds is 4. The molecule has 0 radical (unpaired) electrons. The summed E-state index contributed by atoms with van der Waals surface area (Å²) >= 11 is 0. The minimum atomic E-state index is 0.202. The van der Waals surface area contributed by atoms with Crippen molar-refractivity contribution in [3.63, 3.8) is 0 Å². The molecule has 1 unspecified atom stereocenters. The molecule has 0 saturated carbocycles. The van der Waals surface area contributed by atoms with Gasteiger partial charge in [0.2, 0.25) is 0 Å². The number of nitrogens with one attached hydrogen (secondary N) is 1. The van der Waals surface area contributed by atoms with Crippen LogP contribution >= 0.6 is 0 Å². The number of fused-ring (bicyclic) bond motifs is 1. The van der Waals surface area contributed by atoms with Gasteiger partial charge in [-0.15, -0.1) is 0 Å². The van der Waals surface area contributed by atoms with Crippen molar-refractivity contribution in [1.29, 1.82) is 0 Å². The molecule has 0 aromatic heterocycles. The van der Waals surface area contributed by atoms with Gasteiger partial charge in [-0.1, -0.05) is 64.1 Å². The molecule has 1 heteroatoms. The van der Waals surface area contributed by atoms with Gasteiger partial charge in [0.15, 0.2) is 0 Å². The highest BCUT2D eigenvalue weighted by molar-refractivity contribution is 5.89. The van der Waals surface area contributed by atoms with Gasteiger partial charge in [-0.25, -0.2) is 0 Å². The van der Waals surface area contributed by atoms with E-state index in [2.05, 4.69) is 76.3 Å². The minimum Gasteiger partial charge on any atom is -0.309 e. The predicted octanol–water partition coefficient (Wildman–Crippen LogP) is 5.24. The minimum absolute atomic E-state index is 0.202. The summed E-state index contributed by atoms with van der Waals surface area (Å²) in [5, 5.41) is 6.50. The quantitative estimate of drug-likeness (QED) is 0.801. The second-order valence-corrected chi connectivity index (χ2v) is 6.77. The smallest absolute Gasteiger partial charge is 0.0375 e. The van der Waals surface area contributed by atoms with E-state index in [9.17, 15) is 0 Å². The Balaban J connectivity index is 2.56. The van der Waals surface area contributed by atoms with Crippen LogP contribution in [0.15, 0.2) is 36.4 Å². The van der Waals surface area contributed by atoms with Gasteiger partial charge < -0.3 is 5.32 Å². The Morgan fingerprint density at radius 1 is 1.00 bits per heavy atom. The molecule has 20 heavy (non-hydrogen) atoms. The molecule has 1 N–H and O–H groups in total. The van der Waals surface area contributed by atoms with Crippen LogP contribution < -0.4 is 5.32 Å². The molecule has 2 aromatic rings. The lowest BCUT2D eigenvalue weighted by atomic mass is 9.80. The summed E-state index contributed by atoms with van der Waals surface area (Å²) in [6.45, 7) is 12.4. The van der Waals surface area contributed by atoms with E-state index in [-0.39, 0.29) is 5.41 Å². The van der Waals surface area contributed by atoms with E-state index in [4.69, 9.17) is 0 Å². The Hall–Kier alpha value is -1.34. The molecule has 0 amide bonds. The Labute approximate surface area is 123 Å². The third-order valence-corrected chi connectivity index (χ3v) is 3.95. The van der Waals surface area contributed by atoms with Crippen LogP contribution in [0, 0.1) is 12.3 Å². The fraction of sp³-hybridized carbons (Fsp3) is 0.474. The molecule has 108 valence electrons. The van der Waals surface area contributed by atoms with E-state index in [1.54, 1.807) is 0 Å². The van der Waals surface area contributed by atoms with Crippen molar-refractivity contribution < 1.29 is 0 Å². The molecule has 2 aromatic carbocycles. The largest absolute Gasteiger partial charge is 0.309 e. The number of benzene rings is 2. The Bertz CT molecular complexity index is 578. The average molecular weight is 269 g/mol. The van der Waals surface area contributed by atoms with Crippen LogP contribution in [0.25, 0.3) is 10.8 Å². The van der Waals surface area contributed by atoms with E-state index in [0.717, 1.165) is 13.0 Å². The highest BCUT2D eigenvalue weighted by Gasteiger charge is 2.26. The Kier molecular flexibility index (Phi) is 4.49. The highest BCUT2D eigenvalue weighted by atomic mass is 14.9. The fourth-order valence-corrected chi connectivity index (χ4v) is 2.90. The van der Waals surface area contributed by atoms with Gasteiger partial charge >= 0.3 is 0 Å². The van der Waals surface area contributed by atoms with Gasteiger partial charge in [-0.05, 0) is 47.2 Å². The maximum Gasteiger partial charge on any atom is 0.0375 e. The first-order valence-corrected chi connectivity index (χ1v) is 7.66. The molecule has 0 spiro atoms. The van der Waals surface area contributed by atoms with E-state index >= 15 is 0 Å². The zero-order chi connectivity index (χ0) is 14.8. The standard InChI is InChI=1S/C19H27N/c1-6-13-20-18(19(3,4)5)17-12-11-14(2)15-9-7-8-10-16(15)17/h7-12,18,20H,6,13H2,1-5H3. The molecule has 0 aliphatic rings. The van der Waals surface area contributed by atoms with Crippen LogP contribution in [0.2, 0.25) is 0 Å². The van der Waals surface area contributed by atoms with Crippen molar-refractivity contribution in [3.8, 4) is 0 Å². The molecular weight excluding hydrogens is 242 g/mol. The predicted molar refractivity (Wildman–Crippen MR) is 89.2 cm³/mol. The normalized spacial score (nSPS) is 13.7. The second kappa shape index (κ2) is 5.97. The molecule has 0 aliphatic heterocycles. The highest BCUT2D eigenvalue weighted by Crippen LogP contribution is 2.37.